The SMILES string of the molecule is CCC(C)NC(=O)COC(=O)c1ccccc1Oc1ccccc1. The molecule has 0 fully saturated rings. The van der Waals surface area contributed by atoms with Crippen LogP contribution in [0, 0.1) is 0 Å². The molecule has 0 spiro atoms. The van der Waals surface area contributed by atoms with E-state index in [-0.39, 0.29) is 24.1 Å². The summed E-state index contributed by atoms with van der Waals surface area (Å²) < 4.78 is 10.8. The van der Waals surface area contributed by atoms with Crippen LogP contribution in [0.1, 0.15) is 30.6 Å². The van der Waals surface area contributed by atoms with E-state index < -0.39 is 5.97 Å². The highest BCUT2D eigenvalue weighted by Gasteiger charge is 2.16. The number of para-hydroxylation sites is 2. The number of hydrogen-bond donors (Lipinski definition) is 1. The van der Waals surface area contributed by atoms with E-state index in [0.29, 0.717) is 11.5 Å². The van der Waals surface area contributed by atoms with E-state index >= 15 is 0 Å². The third-order valence-electron chi connectivity index (χ3n) is 3.43. The van der Waals surface area contributed by atoms with Crippen LogP contribution in [0.3, 0.4) is 0 Å². The highest BCUT2D eigenvalue weighted by molar-refractivity contribution is 5.94. The van der Waals surface area contributed by atoms with Crippen LogP contribution in [-0.2, 0) is 9.53 Å². The molecule has 0 aliphatic carbocycles. The number of esters is 1. The molecule has 0 saturated carbocycles. The van der Waals surface area contributed by atoms with Gasteiger partial charge in [-0.25, -0.2) is 4.79 Å². The molecule has 2 aromatic rings. The minimum Gasteiger partial charge on any atom is -0.456 e. The fraction of sp³-hybridized carbons (Fsp3) is 0.263. The van der Waals surface area contributed by atoms with Crippen molar-refractivity contribution in [1.29, 1.82) is 0 Å². The van der Waals surface area contributed by atoms with Crippen molar-refractivity contribution < 1.29 is 19.1 Å². The Bertz CT molecular complexity index is 685. The summed E-state index contributed by atoms with van der Waals surface area (Å²) in [5.74, 6) is 0.0864. The average Bonchev–Trinajstić information content (AvgIpc) is 2.61. The Kier molecular flexibility index (Phi) is 6.37. The van der Waals surface area contributed by atoms with Gasteiger partial charge in [0.05, 0.1) is 0 Å². The zero-order valence-electron chi connectivity index (χ0n) is 13.8. The zero-order valence-corrected chi connectivity index (χ0v) is 13.8. The van der Waals surface area contributed by atoms with Crippen molar-refractivity contribution in [2.75, 3.05) is 6.61 Å². The molecule has 1 amide bonds. The third kappa shape index (κ3) is 5.12. The lowest BCUT2D eigenvalue weighted by Gasteiger charge is -2.13. The summed E-state index contributed by atoms with van der Waals surface area (Å²) in [6.07, 6.45) is 0.813. The summed E-state index contributed by atoms with van der Waals surface area (Å²) in [6.45, 7) is 3.54. The van der Waals surface area contributed by atoms with Crippen LogP contribution in [0.5, 0.6) is 11.5 Å². The molecule has 0 aromatic heterocycles. The Hall–Kier alpha value is -2.82. The summed E-state index contributed by atoms with van der Waals surface area (Å²) in [7, 11) is 0. The van der Waals surface area contributed by atoms with Gasteiger partial charge in [-0.3, -0.25) is 4.79 Å². The predicted molar refractivity (Wildman–Crippen MR) is 91.1 cm³/mol. The molecule has 0 radical (unpaired) electrons. The molecule has 0 heterocycles. The molecule has 1 N–H and O–H groups in total. The van der Waals surface area contributed by atoms with Gasteiger partial charge >= 0.3 is 5.97 Å². The first kappa shape index (κ1) is 17.5. The van der Waals surface area contributed by atoms with Crippen molar-refractivity contribution in [3.8, 4) is 11.5 Å². The topological polar surface area (TPSA) is 64.6 Å². The number of amides is 1. The van der Waals surface area contributed by atoms with Gasteiger partial charge in [0.1, 0.15) is 17.1 Å². The molecule has 1 atom stereocenters. The molecule has 5 heteroatoms. The predicted octanol–water partition coefficient (Wildman–Crippen LogP) is 3.55. The average molecular weight is 327 g/mol. The molecule has 0 bridgehead atoms. The Morgan fingerprint density at radius 2 is 1.71 bits per heavy atom. The highest BCUT2D eigenvalue weighted by Crippen LogP contribution is 2.25. The molecular weight excluding hydrogens is 306 g/mol. The van der Waals surface area contributed by atoms with Crippen molar-refractivity contribution in [3.63, 3.8) is 0 Å². The quantitative estimate of drug-likeness (QED) is 0.790. The van der Waals surface area contributed by atoms with Gasteiger partial charge in [-0.15, -0.1) is 0 Å². The van der Waals surface area contributed by atoms with E-state index in [2.05, 4.69) is 5.32 Å². The van der Waals surface area contributed by atoms with Crippen LogP contribution in [0.2, 0.25) is 0 Å². The van der Waals surface area contributed by atoms with Gasteiger partial charge in [-0.05, 0) is 37.6 Å². The van der Waals surface area contributed by atoms with Gasteiger partial charge in [0.25, 0.3) is 5.91 Å². The zero-order chi connectivity index (χ0) is 17.4. The minimum absolute atomic E-state index is 0.0462. The standard InChI is InChI=1S/C19H21NO4/c1-3-14(2)20-18(21)13-23-19(22)16-11-7-8-12-17(16)24-15-9-5-4-6-10-15/h4-12,14H,3,13H2,1-2H3,(H,20,21). The summed E-state index contributed by atoms with van der Waals surface area (Å²) in [5, 5.41) is 2.74. The Morgan fingerprint density at radius 1 is 1.04 bits per heavy atom. The summed E-state index contributed by atoms with van der Waals surface area (Å²) in [6, 6.07) is 16.0. The van der Waals surface area contributed by atoms with Gasteiger partial charge in [0, 0.05) is 6.04 Å². The summed E-state index contributed by atoms with van der Waals surface area (Å²) in [4.78, 5) is 23.9. The first-order chi connectivity index (χ1) is 11.6. The number of hydrogen-bond acceptors (Lipinski definition) is 4. The first-order valence-corrected chi connectivity index (χ1v) is 7.88. The van der Waals surface area contributed by atoms with Crippen LogP contribution in [0.4, 0.5) is 0 Å². The Labute approximate surface area is 141 Å². The lowest BCUT2D eigenvalue weighted by atomic mass is 10.2. The maximum Gasteiger partial charge on any atom is 0.342 e. The molecule has 5 nitrogen and oxygen atoms in total. The number of carbonyl (C=O) groups is 2. The van der Waals surface area contributed by atoms with Crippen molar-refractivity contribution in [2.45, 2.75) is 26.3 Å². The molecule has 2 aromatic carbocycles. The molecule has 126 valence electrons. The van der Waals surface area contributed by atoms with E-state index in [1.54, 1.807) is 36.4 Å². The number of ether oxygens (including phenoxy) is 2. The number of rotatable bonds is 7. The second-order valence-electron chi connectivity index (χ2n) is 5.36. The Balaban J connectivity index is 2.01. The fourth-order valence-corrected chi connectivity index (χ4v) is 1.97. The maximum absolute atomic E-state index is 12.2. The van der Waals surface area contributed by atoms with E-state index in [0.717, 1.165) is 6.42 Å². The monoisotopic (exact) mass is 327 g/mol. The fourth-order valence-electron chi connectivity index (χ4n) is 1.97. The van der Waals surface area contributed by atoms with Crippen LogP contribution in [-0.4, -0.2) is 24.5 Å². The summed E-state index contributed by atoms with van der Waals surface area (Å²) in [5.41, 5.74) is 0.276. The van der Waals surface area contributed by atoms with Gasteiger partial charge in [-0.2, -0.15) is 0 Å². The largest absolute Gasteiger partial charge is 0.456 e. The second-order valence-corrected chi connectivity index (χ2v) is 5.36. The van der Waals surface area contributed by atoms with Crippen LogP contribution in [0.15, 0.2) is 54.6 Å². The van der Waals surface area contributed by atoms with Crippen molar-refractivity contribution >= 4 is 11.9 Å². The van der Waals surface area contributed by atoms with Gasteiger partial charge < -0.3 is 14.8 Å². The maximum atomic E-state index is 12.2. The molecule has 0 aliphatic heterocycles. The first-order valence-electron chi connectivity index (χ1n) is 7.88. The van der Waals surface area contributed by atoms with E-state index in [9.17, 15) is 9.59 Å². The normalized spacial score (nSPS) is 11.4. The second kappa shape index (κ2) is 8.72. The van der Waals surface area contributed by atoms with Crippen LogP contribution >= 0.6 is 0 Å². The molecule has 1 unspecified atom stereocenters. The van der Waals surface area contributed by atoms with Crippen molar-refractivity contribution in [1.82, 2.24) is 5.32 Å². The van der Waals surface area contributed by atoms with Crippen LogP contribution in [0.25, 0.3) is 0 Å². The third-order valence-corrected chi connectivity index (χ3v) is 3.43. The van der Waals surface area contributed by atoms with E-state index in [1.165, 1.54) is 0 Å². The van der Waals surface area contributed by atoms with Crippen molar-refractivity contribution in [3.05, 3.63) is 60.2 Å². The van der Waals surface area contributed by atoms with E-state index in [1.807, 2.05) is 32.0 Å². The number of carbonyl (C=O) groups excluding carboxylic acids is 2. The molecular formula is C19H21NO4. The molecule has 0 aliphatic rings. The minimum atomic E-state index is -0.596. The van der Waals surface area contributed by atoms with Crippen LogP contribution < -0.4 is 10.1 Å². The lowest BCUT2D eigenvalue weighted by Crippen LogP contribution is -2.35. The van der Waals surface area contributed by atoms with E-state index in [4.69, 9.17) is 9.47 Å². The Morgan fingerprint density at radius 3 is 2.42 bits per heavy atom. The smallest absolute Gasteiger partial charge is 0.342 e. The van der Waals surface area contributed by atoms with Crippen molar-refractivity contribution in [2.24, 2.45) is 0 Å². The molecule has 0 saturated heterocycles. The highest BCUT2D eigenvalue weighted by atomic mass is 16.5. The lowest BCUT2D eigenvalue weighted by molar-refractivity contribution is -0.124. The van der Waals surface area contributed by atoms with Gasteiger partial charge in [0.15, 0.2) is 6.61 Å². The van der Waals surface area contributed by atoms with Gasteiger partial charge in [0.2, 0.25) is 0 Å². The molecule has 24 heavy (non-hydrogen) atoms. The van der Waals surface area contributed by atoms with Gasteiger partial charge in [-0.1, -0.05) is 37.3 Å². The number of benzene rings is 2. The number of nitrogens with one attached hydrogen (secondary N) is 1. The summed E-state index contributed by atoms with van der Waals surface area (Å²) >= 11 is 0. The molecule has 2 rings (SSSR count).